The molecule has 2 unspecified atom stereocenters. The largest absolute Gasteiger partial charge is 0.127 e. The van der Waals surface area contributed by atoms with Gasteiger partial charge in [-0.1, -0.05) is 168 Å². The predicted molar refractivity (Wildman–Crippen MR) is 146 cm³/mol. The van der Waals surface area contributed by atoms with Crippen molar-refractivity contribution in [2.45, 2.75) is 43.2 Å². The highest BCUT2D eigenvalue weighted by molar-refractivity contribution is 6.92. The second-order valence-electron chi connectivity index (χ2n) is 9.47. The summed E-state index contributed by atoms with van der Waals surface area (Å²) in [5, 5.41) is 6.55. The third kappa shape index (κ3) is 4.55. The van der Waals surface area contributed by atoms with E-state index < -0.39 is 17.6 Å². The molecule has 0 aliphatic heterocycles. The fourth-order valence-electron chi connectivity index (χ4n) is 5.94. The van der Waals surface area contributed by atoms with Crippen LogP contribution in [0.2, 0.25) is 10.6 Å². The van der Waals surface area contributed by atoms with Crippen molar-refractivity contribution in [3.8, 4) is 0 Å². The Morgan fingerprint density at radius 3 is 1.36 bits per heavy atom. The molecule has 0 spiro atoms. The van der Waals surface area contributed by atoms with E-state index in [1.807, 2.05) is 0 Å². The summed E-state index contributed by atoms with van der Waals surface area (Å²) >= 11 is 0. The van der Waals surface area contributed by atoms with Crippen molar-refractivity contribution in [3.05, 3.63) is 121 Å². The van der Waals surface area contributed by atoms with E-state index >= 15 is 0 Å². The molecule has 0 nitrogen and oxygen atoms in total. The molecule has 2 radical (unpaired) electrons. The predicted octanol–water partition coefficient (Wildman–Crippen LogP) is 5.31. The van der Waals surface area contributed by atoms with Gasteiger partial charge in [0.2, 0.25) is 0 Å². The SMILES string of the molecule is CC1([Si](c2ccccc2)c2ccccc2)CCCCC1[Si](c1ccccc1)c1ccccc1. The Kier molecular flexibility index (Phi) is 6.75. The van der Waals surface area contributed by atoms with Crippen LogP contribution in [-0.2, 0) is 0 Å². The first-order valence-electron chi connectivity index (χ1n) is 12.2. The molecule has 0 heterocycles. The van der Waals surface area contributed by atoms with E-state index in [2.05, 4.69) is 128 Å². The summed E-state index contributed by atoms with van der Waals surface area (Å²) in [5.41, 5.74) is 0.704. The van der Waals surface area contributed by atoms with E-state index in [0.717, 1.165) is 0 Å². The lowest BCUT2D eigenvalue weighted by atomic mass is 9.89. The van der Waals surface area contributed by atoms with Crippen LogP contribution in [0.5, 0.6) is 0 Å². The molecule has 5 rings (SSSR count). The molecule has 1 fully saturated rings. The minimum absolute atomic E-state index is 0.297. The molecule has 1 aliphatic carbocycles. The standard InChI is InChI=1S/C31H32Si2/c1-31(33(28-20-10-4-11-21-28)29-22-12-5-13-23-29)25-15-14-24-30(31)32(26-16-6-2-7-17-26)27-18-8-3-9-19-27/h2-13,16-23,30H,14-15,24-25H2,1H3. The highest BCUT2D eigenvalue weighted by Crippen LogP contribution is 2.54. The van der Waals surface area contributed by atoms with Crippen LogP contribution in [0.3, 0.4) is 0 Å². The average molecular weight is 461 g/mol. The molecule has 164 valence electrons. The molecular weight excluding hydrogens is 429 g/mol. The molecule has 4 aromatic carbocycles. The Morgan fingerprint density at radius 2 is 0.939 bits per heavy atom. The van der Waals surface area contributed by atoms with E-state index in [1.165, 1.54) is 25.7 Å². The van der Waals surface area contributed by atoms with Gasteiger partial charge in [0, 0.05) is 0 Å². The van der Waals surface area contributed by atoms with Crippen LogP contribution >= 0.6 is 0 Å². The van der Waals surface area contributed by atoms with E-state index in [-0.39, 0.29) is 0 Å². The molecule has 1 aliphatic rings. The maximum atomic E-state index is 2.65. The van der Waals surface area contributed by atoms with Gasteiger partial charge < -0.3 is 0 Å². The molecule has 2 heteroatoms. The Balaban J connectivity index is 1.68. The van der Waals surface area contributed by atoms with Crippen LogP contribution in [0, 0.1) is 0 Å². The summed E-state index contributed by atoms with van der Waals surface area (Å²) in [4.78, 5) is 0. The summed E-state index contributed by atoms with van der Waals surface area (Å²) < 4.78 is 0. The van der Waals surface area contributed by atoms with E-state index in [9.17, 15) is 0 Å². The van der Waals surface area contributed by atoms with Crippen LogP contribution in [0.25, 0.3) is 0 Å². The van der Waals surface area contributed by atoms with Crippen LogP contribution in [-0.4, -0.2) is 17.6 Å². The Hall–Kier alpha value is -2.69. The molecule has 0 saturated heterocycles. The van der Waals surface area contributed by atoms with Gasteiger partial charge in [-0.2, -0.15) is 0 Å². The second kappa shape index (κ2) is 10.1. The normalized spacial score (nSPS) is 20.8. The van der Waals surface area contributed by atoms with Gasteiger partial charge in [-0.15, -0.1) is 0 Å². The van der Waals surface area contributed by atoms with Gasteiger partial charge in [0.15, 0.2) is 0 Å². The quantitative estimate of drug-likeness (QED) is 0.342. The molecule has 33 heavy (non-hydrogen) atoms. The maximum absolute atomic E-state index is 2.65. The van der Waals surface area contributed by atoms with Gasteiger partial charge in [0.05, 0.1) is 0 Å². The highest BCUT2D eigenvalue weighted by Gasteiger charge is 2.49. The molecule has 0 aromatic heterocycles. The van der Waals surface area contributed by atoms with Crippen LogP contribution < -0.4 is 20.7 Å². The minimum atomic E-state index is -0.980. The highest BCUT2D eigenvalue weighted by atomic mass is 28.3. The van der Waals surface area contributed by atoms with Gasteiger partial charge >= 0.3 is 0 Å². The Morgan fingerprint density at radius 1 is 0.545 bits per heavy atom. The van der Waals surface area contributed by atoms with Crippen molar-refractivity contribution in [2.24, 2.45) is 0 Å². The maximum Gasteiger partial charge on any atom is 0.127 e. The lowest BCUT2D eigenvalue weighted by Gasteiger charge is -2.49. The first kappa shape index (κ1) is 22.1. The zero-order valence-corrected chi connectivity index (χ0v) is 21.5. The Labute approximate surface area is 202 Å². The fraction of sp³-hybridized carbons (Fsp3) is 0.226. The van der Waals surface area contributed by atoms with Gasteiger partial charge in [0.1, 0.15) is 17.6 Å². The first-order chi connectivity index (χ1) is 16.3. The zero-order chi connectivity index (χ0) is 22.5. The van der Waals surface area contributed by atoms with Crippen molar-refractivity contribution in [1.82, 2.24) is 0 Å². The summed E-state index contributed by atoms with van der Waals surface area (Å²) in [7, 11) is -1.92. The third-order valence-corrected chi connectivity index (χ3v) is 14.8. The summed E-state index contributed by atoms with van der Waals surface area (Å²) in [6, 6.07) is 45.8. The molecule has 0 N–H and O–H groups in total. The summed E-state index contributed by atoms with van der Waals surface area (Å²) in [5.74, 6) is 0. The summed E-state index contributed by atoms with van der Waals surface area (Å²) in [6.45, 7) is 2.65. The van der Waals surface area contributed by atoms with Crippen molar-refractivity contribution in [1.29, 1.82) is 0 Å². The topological polar surface area (TPSA) is 0 Å². The number of rotatable bonds is 6. The number of benzene rings is 4. The summed E-state index contributed by atoms with van der Waals surface area (Å²) in [6.07, 6.45) is 5.36. The van der Waals surface area contributed by atoms with Gasteiger partial charge in [-0.05, 0) is 17.0 Å². The van der Waals surface area contributed by atoms with Crippen molar-refractivity contribution in [2.75, 3.05) is 0 Å². The molecule has 2 atom stereocenters. The smallest absolute Gasteiger partial charge is 0.0628 e. The number of hydrogen-bond acceptors (Lipinski definition) is 0. The van der Waals surface area contributed by atoms with Gasteiger partial charge in [0.25, 0.3) is 0 Å². The lowest BCUT2D eigenvalue weighted by Crippen LogP contribution is -2.59. The van der Waals surface area contributed by atoms with Crippen molar-refractivity contribution >= 4 is 38.3 Å². The third-order valence-electron chi connectivity index (χ3n) is 7.42. The molecule has 1 saturated carbocycles. The molecule has 0 bridgehead atoms. The van der Waals surface area contributed by atoms with Gasteiger partial charge in [-0.3, -0.25) is 0 Å². The van der Waals surface area contributed by atoms with Gasteiger partial charge in [-0.25, -0.2) is 0 Å². The first-order valence-corrected chi connectivity index (χ1v) is 15.3. The molecule has 4 aromatic rings. The van der Waals surface area contributed by atoms with E-state index in [0.29, 0.717) is 10.6 Å². The monoisotopic (exact) mass is 460 g/mol. The fourth-order valence-corrected chi connectivity index (χ4v) is 13.9. The second-order valence-corrected chi connectivity index (χ2v) is 15.2. The lowest BCUT2D eigenvalue weighted by molar-refractivity contribution is 0.394. The van der Waals surface area contributed by atoms with Crippen LogP contribution in [0.1, 0.15) is 32.6 Å². The Bertz CT molecular complexity index is 1050. The van der Waals surface area contributed by atoms with E-state index in [1.54, 1.807) is 20.7 Å². The van der Waals surface area contributed by atoms with Crippen LogP contribution in [0.15, 0.2) is 121 Å². The zero-order valence-electron chi connectivity index (χ0n) is 19.5. The minimum Gasteiger partial charge on any atom is -0.0628 e. The van der Waals surface area contributed by atoms with Crippen molar-refractivity contribution in [3.63, 3.8) is 0 Å². The molecule has 0 amide bonds. The molecular formula is C31H32Si2. The van der Waals surface area contributed by atoms with Crippen molar-refractivity contribution < 1.29 is 0 Å². The average Bonchev–Trinajstić information content (AvgIpc) is 2.88. The van der Waals surface area contributed by atoms with E-state index in [4.69, 9.17) is 0 Å². The number of hydrogen-bond donors (Lipinski definition) is 0. The van der Waals surface area contributed by atoms with Crippen LogP contribution in [0.4, 0.5) is 0 Å².